The normalized spacial score (nSPS) is 16.9. The Morgan fingerprint density at radius 2 is 1.22 bits per heavy atom. The Hall–Kier alpha value is -3.88. The van der Waals surface area contributed by atoms with Crippen molar-refractivity contribution in [3.05, 3.63) is 113 Å². The Bertz CT molecular complexity index is 1610. The molecule has 0 saturated heterocycles. The van der Waals surface area contributed by atoms with E-state index in [1.165, 1.54) is 49.9 Å². The minimum absolute atomic E-state index is 0.0936. The topological polar surface area (TPSA) is 9.23 Å². The third-order valence-corrected chi connectivity index (χ3v) is 8.84. The minimum atomic E-state index is -4.32. The van der Waals surface area contributed by atoms with Crippen LogP contribution < -0.4 is 4.74 Å². The first-order valence-corrected chi connectivity index (χ1v) is 15.6. The molecule has 1 saturated carbocycles. The fourth-order valence-electron chi connectivity index (χ4n) is 6.30. The van der Waals surface area contributed by atoms with Gasteiger partial charge in [-0.2, -0.15) is 8.78 Å². The van der Waals surface area contributed by atoms with Crippen LogP contribution in [0, 0.1) is 40.8 Å². The minimum Gasteiger partial charge on any atom is -0.429 e. The van der Waals surface area contributed by atoms with Crippen LogP contribution >= 0.6 is 0 Å². The van der Waals surface area contributed by atoms with E-state index in [0.717, 1.165) is 62.4 Å². The van der Waals surface area contributed by atoms with Crippen molar-refractivity contribution < 1.29 is 39.9 Å². The molecular formula is C37H34F8O. The van der Waals surface area contributed by atoms with Gasteiger partial charge in [0.15, 0.2) is 17.5 Å². The van der Waals surface area contributed by atoms with Crippen LogP contribution in [0.3, 0.4) is 0 Å². The van der Waals surface area contributed by atoms with Crippen molar-refractivity contribution in [1.29, 1.82) is 0 Å². The lowest BCUT2D eigenvalue weighted by Crippen LogP contribution is -2.25. The lowest BCUT2D eigenvalue weighted by molar-refractivity contribution is -0.189. The van der Waals surface area contributed by atoms with E-state index in [0.29, 0.717) is 34.7 Å². The van der Waals surface area contributed by atoms with Crippen LogP contribution in [0.1, 0.15) is 81.8 Å². The Morgan fingerprint density at radius 3 is 1.80 bits per heavy atom. The molecule has 0 amide bonds. The summed E-state index contributed by atoms with van der Waals surface area (Å²) in [6.07, 6.45) is 5.00. The van der Waals surface area contributed by atoms with Crippen LogP contribution in [-0.2, 0) is 6.11 Å². The van der Waals surface area contributed by atoms with Crippen molar-refractivity contribution in [2.24, 2.45) is 5.92 Å². The van der Waals surface area contributed by atoms with Gasteiger partial charge in [0, 0.05) is 5.56 Å². The molecule has 0 atom stereocenters. The van der Waals surface area contributed by atoms with E-state index >= 15 is 17.6 Å². The van der Waals surface area contributed by atoms with Crippen LogP contribution in [0.15, 0.2) is 66.7 Å². The number of benzene rings is 4. The SMILES string of the molecule is CCCCCCC1CCC(c2cc(F)c(C(F)(F)Oc3ccc(-c4ccc(-c5cc(F)c(F)c(F)c5)c(F)c4)cc3)c(F)c2)CC1. The van der Waals surface area contributed by atoms with E-state index in [-0.39, 0.29) is 22.8 Å². The summed E-state index contributed by atoms with van der Waals surface area (Å²) in [4.78, 5) is 0. The predicted molar refractivity (Wildman–Crippen MR) is 161 cm³/mol. The van der Waals surface area contributed by atoms with Crippen LogP contribution in [-0.4, -0.2) is 0 Å². The molecule has 244 valence electrons. The molecule has 1 aliphatic carbocycles. The summed E-state index contributed by atoms with van der Waals surface area (Å²) in [5, 5.41) is 0. The third kappa shape index (κ3) is 7.56. The van der Waals surface area contributed by atoms with Gasteiger partial charge in [-0.1, -0.05) is 63.3 Å². The molecule has 46 heavy (non-hydrogen) atoms. The Kier molecular flexibility index (Phi) is 10.4. The second-order valence-corrected chi connectivity index (χ2v) is 12.0. The van der Waals surface area contributed by atoms with E-state index in [9.17, 15) is 17.6 Å². The molecule has 0 aliphatic heterocycles. The van der Waals surface area contributed by atoms with Gasteiger partial charge in [-0.25, -0.2) is 26.3 Å². The van der Waals surface area contributed by atoms with E-state index in [2.05, 4.69) is 6.92 Å². The van der Waals surface area contributed by atoms with Gasteiger partial charge in [0.05, 0.1) is 0 Å². The summed E-state index contributed by atoms with van der Waals surface area (Å²) in [5.74, 6) is -8.11. The highest BCUT2D eigenvalue weighted by atomic mass is 19.3. The van der Waals surface area contributed by atoms with Gasteiger partial charge in [0.25, 0.3) is 0 Å². The largest absolute Gasteiger partial charge is 0.432 e. The third-order valence-electron chi connectivity index (χ3n) is 8.84. The summed E-state index contributed by atoms with van der Waals surface area (Å²) >= 11 is 0. The number of alkyl halides is 2. The maximum absolute atomic E-state index is 15.1. The smallest absolute Gasteiger partial charge is 0.429 e. The van der Waals surface area contributed by atoms with Gasteiger partial charge in [0.1, 0.15) is 28.8 Å². The Labute approximate surface area is 263 Å². The van der Waals surface area contributed by atoms with Crippen LogP contribution in [0.4, 0.5) is 35.1 Å². The molecule has 1 nitrogen and oxygen atoms in total. The van der Waals surface area contributed by atoms with Gasteiger partial charge in [-0.3, -0.25) is 0 Å². The van der Waals surface area contributed by atoms with Gasteiger partial charge < -0.3 is 4.74 Å². The summed E-state index contributed by atoms with van der Waals surface area (Å²) in [6, 6.07) is 12.0. The first-order chi connectivity index (χ1) is 22.0. The standard InChI is InChI=1S/C37H34F8O/c1-2-3-4-5-6-22-7-9-24(10-8-22)26-18-31(39)35(32(40)19-26)37(44,45)46-28-14-11-23(12-15-28)25-13-16-29(30(38)17-25)27-20-33(41)36(43)34(42)21-27/h11-22,24H,2-10H2,1H3. The maximum Gasteiger partial charge on any atom is 0.432 e. The molecule has 9 heteroatoms. The maximum atomic E-state index is 15.1. The second kappa shape index (κ2) is 14.3. The highest BCUT2D eigenvalue weighted by molar-refractivity contribution is 5.71. The second-order valence-electron chi connectivity index (χ2n) is 12.0. The van der Waals surface area contributed by atoms with Crippen molar-refractivity contribution in [3.63, 3.8) is 0 Å². The highest BCUT2D eigenvalue weighted by Crippen LogP contribution is 2.41. The summed E-state index contributed by atoms with van der Waals surface area (Å²) in [6.45, 7) is 2.16. The molecule has 0 radical (unpaired) electrons. The van der Waals surface area contributed by atoms with Gasteiger partial charge in [-0.05, 0) is 102 Å². The molecule has 0 bridgehead atoms. The summed E-state index contributed by atoms with van der Waals surface area (Å²) in [7, 11) is 0. The molecule has 0 aromatic heterocycles. The van der Waals surface area contributed by atoms with Crippen molar-refractivity contribution in [2.75, 3.05) is 0 Å². The fourth-order valence-corrected chi connectivity index (χ4v) is 6.30. The number of hydrogen-bond donors (Lipinski definition) is 0. The van der Waals surface area contributed by atoms with Crippen molar-refractivity contribution in [3.8, 4) is 28.0 Å². The van der Waals surface area contributed by atoms with Crippen LogP contribution in [0.2, 0.25) is 0 Å². The molecule has 5 rings (SSSR count). The molecule has 0 heterocycles. The first-order valence-electron chi connectivity index (χ1n) is 15.6. The quantitative estimate of drug-likeness (QED) is 0.0895. The molecule has 0 spiro atoms. The average Bonchev–Trinajstić information content (AvgIpc) is 3.01. The van der Waals surface area contributed by atoms with Crippen molar-refractivity contribution in [2.45, 2.75) is 76.7 Å². The summed E-state index contributed by atoms with van der Waals surface area (Å²) in [5.41, 5.74) is -0.829. The molecule has 0 N–H and O–H groups in total. The van der Waals surface area contributed by atoms with Crippen molar-refractivity contribution in [1.82, 2.24) is 0 Å². The molecule has 1 fully saturated rings. The van der Waals surface area contributed by atoms with Gasteiger partial charge in [0.2, 0.25) is 0 Å². The van der Waals surface area contributed by atoms with E-state index in [4.69, 9.17) is 4.74 Å². The fraction of sp³-hybridized carbons (Fsp3) is 0.351. The van der Waals surface area contributed by atoms with Crippen molar-refractivity contribution >= 4 is 0 Å². The zero-order chi connectivity index (χ0) is 33.0. The van der Waals surface area contributed by atoms with E-state index in [1.54, 1.807) is 0 Å². The summed E-state index contributed by atoms with van der Waals surface area (Å²) < 4.78 is 120. The molecular weight excluding hydrogens is 612 g/mol. The number of hydrogen-bond acceptors (Lipinski definition) is 1. The Morgan fingerprint density at radius 1 is 0.630 bits per heavy atom. The number of halogens is 8. The number of ether oxygens (including phenoxy) is 1. The lowest BCUT2D eigenvalue weighted by Gasteiger charge is -2.29. The monoisotopic (exact) mass is 646 g/mol. The molecule has 1 aliphatic rings. The average molecular weight is 647 g/mol. The number of rotatable bonds is 11. The highest BCUT2D eigenvalue weighted by Gasteiger charge is 2.41. The predicted octanol–water partition coefficient (Wildman–Crippen LogP) is 12.2. The number of unbranched alkanes of at least 4 members (excludes halogenated alkanes) is 3. The van der Waals surface area contributed by atoms with E-state index < -0.39 is 46.6 Å². The molecule has 4 aromatic carbocycles. The van der Waals surface area contributed by atoms with E-state index in [1.807, 2.05) is 0 Å². The van der Waals surface area contributed by atoms with Crippen LogP contribution in [0.5, 0.6) is 5.75 Å². The zero-order valence-corrected chi connectivity index (χ0v) is 25.3. The van der Waals surface area contributed by atoms with Gasteiger partial charge in [-0.15, -0.1) is 0 Å². The Balaban J connectivity index is 1.25. The molecule has 0 unspecified atom stereocenters. The zero-order valence-electron chi connectivity index (χ0n) is 25.3. The lowest BCUT2D eigenvalue weighted by atomic mass is 9.77. The first kappa shape index (κ1) is 33.5. The molecule has 4 aromatic rings. The van der Waals surface area contributed by atoms with Crippen LogP contribution in [0.25, 0.3) is 22.3 Å². The van der Waals surface area contributed by atoms with Gasteiger partial charge >= 0.3 is 6.11 Å².